The van der Waals surface area contributed by atoms with Gasteiger partial charge in [0.15, 0.2) is 0 Å². The predicted octanol–water partition coefficient (Wildman–Crippen LogP) is 4.63. The van der Waals surface area contributed by atoms with E-state index in [2.05, 4.69) is 24.1 Å². The molecule has 2 heterocycles. The number of carbonyl (C=O) groups excluding carboxylic acids is 1. The van der Waals surface area contributed by atoms with E-state index < -0.39 is 5.82 Å². The molecule has 0 spiro atoms. The summed E-state index contributed by atoms with van der Waals surface area (Å²) >= 11 is 0. The van der Waals surface area contributed by atoms with E-state index in [0.717, 1.165) is 30.5 Å². The summed E-state index contributed by atoms with van der Waals surface area (Å²) in [5.41, 5.74) is 2.95. The van der Waals surface area contributed by atoms with E-state index in [1.165, 1.54) is 12.1 Å². The fourth-order valence-corrected chi connectivity index (χ4v) is 3.31. The standard InChI is InChI=1S/C23H22FN5O/c1-14(2)12-29-13-19(22(28-29)17-5-6-20(24)18(9-17)11-25)16-7-8-26-21(10-16)27-23(30)15-3-4-15/h5-10,13-15H,3-4,12H2,1-2H3,(H,26,27,30). The highest BCUT2D eigenvalue weighted by molar-refractivity contribution is 5.94. The summed E-state index contributed by atoms with van der Waals surface area (Å²) in [7, 11) is 0. The van der Waals surface area contributed by atoms with Crippen LogP contribution in [0.4, 0.5) is 10.2 Å². The number of anilines is 1. The van der Waals surface area contributed by atoms with Gasteiger partial charge in [-0.1, -0.05) is 13.8 Å². The lowest BCUT2D eigenvalue weighted by molar-refractivity contribution is -0.117. The normalized spacial score (nSPS) is 13.3. The summed E-state index contributed by atoms with van der Waals surface area (Å²) in [5.74, 6) is 0.400. The zero-order valence-electron chi connectivity index (χ0n) is 16.9. The Labute approximate surface area is 174 Å². The fourth-order valence-electron chi connectivity index (χ4n) is 3.31. The molecule has 4 rings (SSSR count). The first-order valence-corrected chi connectivity index (χ1v) is 9.99. The van der Waals surface area contributed by atoms with Gasteiger partial charge in [0.2, 0.25) is 5.91 Å². The highest BCUT2D eigenvalue weighted by atomic mass is 19.1. The zero-order valence-corrected chi connectivity index (χ0v) is 16.9. The van der Waals surface area contributed by atoms with E-state index in [0.29, 0.717) is 23.0 Å². The van der Waals surface area contributed by atoms with Crippen LogP contribution < -0.4 is 5.32 Å². The van der Waals surface area contributed by atoms with Crippen LogP contribution >= 0.6 is 0 Å². The molecule has 0 bridgehead atoms. The summed E-state index contributed by atoms with van der Waals surface area (Å²) < 4.78 is 15.7. The van der Waals surface area contributed by atoms with E-state index in [1.807, 2.05) is 29.1 Å². The first-order chi connectivity index (χ1) is 14.4. The predicted molar refractivity (Wildman–Crippen MR) is 112 cm³/mol. The Morgan fingerprint density at radius 3 is 2.80 bits per heavy atom. The van der Waals surface area contributed by atoms with Gasteiger partial charge in [-0.25, -0.2) is 9.37 Å². The number of hydrogen-bond acceptors (Lipinski definition) is 4. The van der Waals surface area contributed by atoms with Crippen molar-refractivity contribution in [2.24, 2.45) is 11.8 Å². The molecular formula is C23H22FN5O. The van der Waals surface area contributed by atoms with E-state index in [1.54, 1.807) is 12.3 Å². The summed E-state index contributed by atoms with van der Waals surface area (Å²) in [5, 5.41) is 16.8. The summed E-state index contributed by atoms with van der Waals surface area (Å²) in [4.78, 5) is 16.4. The molecule has 6 nitrogen and oxygen atoms in total. The number of nitrogens with zero attached hydrogens (tertiary/aromatic N) is 4. The van der Waals surface area contributed by atoms with Gasteiger partial charge in [0.25, 0.3) is 0 Å². The number of amides is 1. The molecule has 0 atom stereocenters. The lowest BCUT2D eigenvalue weighted by atomic mass is 10.0. The molecule has 0 saturated heterocycles. The van der Waals surface area contributed by atoms with Gasteiger partial charge in [0.1, 0.15) is 23.4 Å². The number of nitrogens with one attached hydrogen (secondary N) is 1. The van der Waals surface area contributed by atoms with Crippen molar-refractivity contribution in [1.82, 2.24) is 14.8 Å². The fraction of sp³-hybridized carbons (Fsp3) is 0.304. The molecule has 0 unspecified atom stereocenters. The molecule has 0 aliphatic heterocycles. The zero-order chi connectivity index (χ0) is 21.3. The molecule has 152 valence electrons. The minimum atomic E-state index is -0.557. The SMILES string of the molecule is CC(C)Cn1cc(-c2ccnc(NC(=O)C3CC3)c2)c(-c2ccc(F)c(C#N)c2)n1. The van der Waals surface area contributed by atoms with Crippen LogP contribution in [0, 0.1) is 29.0 Å². The number of hydrogen-bond donors (Lipinski definition) is 1. The second kappa shape index (κ2) is 8.07. The molecule has 0 radical (unpaired) electrons. The smallest absolute Gasteiger partial charge is 0.228 e. The van der Waals surface area contributed by atoms with Crippen molar-refractivity contribution in [1.29, 1.82) is 5.26 Å². The Morgan fingerprint density at radius 2 is 2.10 bits per heavy atom. The number of carbonyl (C=O) groups is 1. The van der Waals surface area contributed by atoms with Gasteiger partial charge in [-0.15, -0.1) is 0 Å². The van der Waals surface area contributed by atoms with Crippen LogP contribution in [0.3, 0.4) is 0 Å². The lowest BCUT2D eigenvalue weighted by Crippen LogP contribution is -2.14. The molecule has 7 heteroatoms. The molecule has 1 fully saturated rings. The largest absolute Gasteiger partial charge is 0.310 e. The number of halogens is 1. The second-order valence-corrected chi connectivity index (χ2v) is 8.01. The lowest BCUT2D eigenvalue weighted by Gasteiger charge is -2.07. The molecule has 1 amide bonds. The van der Waals surface area contributed by atoms with Crippen molar-refractivity contribution in [3.63, 3.8) is 0 Å². The van der Waals surface area contributed by atoms with Crippen molar-refractivity contribution < 1.29 is 9.18 Å². The number of rotatable bonds is 6. The van der Waals surface area contributed by atoms with Gasteiger partial charge >= 0.3 is 0 Å². The summed E-state index contributed by atoms with van der Waals surface area (Å²) in [6, 6.07) is 9.97. The Bertz CT molecular complexity index is 1140. The van der Waals surface area contributed by atoms with Gasteiger partial charge < -0.3 is 5.32 Å². The minimum absolute atomic E-state index is 0.00688. The van der Waals surface area contributed by atoms with Crippen LogP contribution in [0.2, 0.25) is 0 Å². The average Bonchev–Trinajstić information content (AvgIpc) is 3.49. The van der Waals surface area contributed by atoms with Gasteiger partial charge in [0.05, 0.1) is 5.56 Å². The first kappa shape index (κ1) is 19.8. The van der Waals surface area contributed by atoms with Crippen molar-refractivity contribution in [2.45, 2.75) is 33.2 Å². The molecule has 1 aromatic carbocycles. The quantitative estimate of drug-likeness (QED) is 0.650. The van der Waals surface area contributed by atoms with Gasteiger partial charge in [-0.2, -0.15) is 10.4 Å². The van der Waals surface area contributed by atoms with E-state index in [9.17, 15) is 14.4 Å². The van der Waals surface area contributed by atoms with E-state index in [4.69, 9.17) is 5.10 Å². The monoisotopic (exact) mass is 403 g/mol. The Kier molecular flexibility index (Phi) is 5.32. The minimum Gasteiger partial charge on any atom is -0.310 e. The van der Waals surface area contributed by atoms with Crippen molar-refractivity contribution in [2.75, 3.05) is 5.32 Å². The molecule has 1 aliphatic rings. The number of pyridine rings is 1. The Balaban J connectivity index is 1.76. The summed E-state index contributed by atoms with van der Waals surface area (Å²) in [6.07, 6.45) is 5.42. The van der Waals surface area contributed by atoms with Crippen LogP contribution in [0.1, 0.15) is 32.3 Å². The Hall–Kier alpha value is -3.53. The number of aromatic nitrogens is 3. The molecule has 1 aliphatic carbocycles. The third-order valence-corrected chi connectivity index (χ3v) is 4.94. The first-order valence-electron chi connectivity index (χ1n) is 9.99. The van der Waals surface area contributed by atoms with E-state index in [-0.39, 0.29) is 17.4 Å². The van der Waals surface area contributed by atoms with Crippen molar-refractivity contribution >= 4 is 11.7 Å². The van der Waals surface area contributed by atoms with Crippen molar-refractivity contribution in [3.05, 3.63) is 54.1 Å². The third kappa shape index (κ3) is 4.23. The van der Waals surface area contributed by atoms with Crippen LogP contribution in [-0.2, 0) is 11.3 Å². The van der Waals surface area contributed by atoms with Gasteiger partial charge in [-0.05, 0) is 54.7 Å². The maximum atomic E-state index is 13.8. The molecule has 3 aromatic rings. The molecule has 1 N–H and O–H groups in total. The maximum absolute atomic E-state index is 13.8. The van der Waals surface area contributed by atoms with Gasteiger partial charge in [0, 0.05) is 36.0 Å². The molecular weight excluding hydrogens is 381 g/mol. The second-order valence-electron chi connectivity index (χ2n) is 8.01. The summed E-state index contributed by atoms with van der Waals surface area (Å²) in [6.45, 7) is 4.92. The van der Waals surface area contributed by atoms with Crippen molar-refractivity contribution in [3.8, 4) is 28.5 Å². The highest BCUT2D eigenvalue weighted by Crippen LogP contribution is 2.34. The van der Waals surface area contributed by atoms with E-state index >= 15 is 0 Å². The van der Waals surface area contributed by atoms with Gasteiger partial charge in [-0.3, -0.25) is 9.48 Å². The van der Waals surface area contributed by atoms with Crippen LogP contribution in [0.5, 0.6) is 0 Å². The topological polar surface area (TPSA) is 83.6 Å². The maximum Gasteiger partial charge on any atom is 0.228 e. The number of nitriles is 1. The van der Waals surface area contributed by atoms with Crippen LogP contribution in [0.25, 0.3) is 22.4 Å². The highest BCUT2D eigenvalue weighted by Gasteiger charge is 2.29. The van der Waals surface area contributed by atoms with Crippen LogP contribution in [-0.4, -0.2) is 20.7 Å². The Morgan fingerprint density at radius 1 is 1.30 bits per heavy atom. The average molecular weight is 403 g/mol. The third-order valence-electron chi connectivity index (χ3n) is 4.94. The molecule has 30 heavy (non-hydrogen) atoms. The molecule has 2 aromatic heterocycles. The molecule has 1 saturated carbocycles. The van der Waals surface area contributed by atoms with Crippen LogP contribution in [0.15, 0.2) is 42.7 Å². The number of benzene rings is 1.